The van der Waals surface area contributed by atoms with E-state index in [1.165, 1.54) is 14.2 Å². The van der Waals surface area contributed by atoms with Crippen LogP contribution in [0, 0.1) is 0 Å². The molecule has 0 aliphatic carbocycles. The molecule has 2 aliphatic rings. The number of nitrogens with two attached hydrogens (primary N) is 2. The molecule has 1 unspecified atom stereocenters. The SMILES string of the molecule is COC(=O)NC(CC(N)=O)C(=O)N1CCC[C@H]1c1ncc(-c2ccc(-c3ccc4nc([C@@H]5CCCN5C(=O)[C@H](CCC(N)=O)NC(=O)OC)[nH]c4c3)cc2)[nH]1. The van der Waals surface area contributed by atoms with Crippen molar-refractivity contribution in [3.63, 3.8) is 0 Å². The Balaban J connectivity index is 1.15. The van der Waals surface area contributed by atoms with Crippen molar-refractivity contribution in [3.8, 4) is 22.4 Å². The van der Waals surface area contributed by atoms with Crippen LogP contribution >= 0.6 is 0 Å². The van der Waals surface area contributed by atoms with E-state index >= 15 is 0 Å². The van der Waals surface area contributed by atoms with Gasteiger partial charge in [0.25, 0.3) is 0 Å². The Morgan fingerprint density at radius 2 is 1.36 bits per heavy atom. The minimum Gasteiger partial charge on any atom is -0.453 e. The summed E-state index contributed by atoms with van der Waals surface area (Å²) < 4.78 is 9.31. The van der Waals surface area contributed by atoms with Gasteiger partial charge in [-0.2, -0.15) is 0 Å². The highest BCUT2D eigenvalue weighted by Gasteiger charge is 2.38. The van der Waals surface area contributed by atoms with Gasteiger partial charge in [0.15, 0.2) is 0 Å². The average molecular weight is 757 g/mol. The number of H-pyrrole nitrogens is 2. The van der Waals surface area contributed by atoms with Crippen molar-refractivity contribution in [3.05, 3.63) is 60.3 Å². The highest BCUT2D eigenvalue weighted by atomic mass is 16.5. The predicted molar refractivity (Wildman–Crippen MR) is 197 cm³/mol. The number of carbonyl (C=O) groups excluding carboxylic acids is 6. The monoisotopic (exact) mass is 756 g/mol. The number of imidazole rings is 2. The number of ether oxygens (including phenoxy) is 2. The maximum absolute atomic E-state index is 13.6. The Morgan fingerprint density at radius 3 is 1.98 bits per heavy atom. The second kappa shape index (κ2) is 16.7. The minimum atomic E-state index is -1.16. The lowest BCUT2D eigenvalue weighted by Crippen LogP contribution is -2.50. The molecule has 2 fully saturated rings. The maximum Gasteiger partial charge on any atom is 0.407 e. The molecule has 0 spiro atoms. The lowest BCUT2D eigenvalue weighted by molar-refractivity contribution is -0.136. The van der Waals surface area contributed by atoms with Crippen molar-refractivity contribution in [1.82, 2.24) is 40.4 Å². The standard InChI is InChI=1S/C37H44N10O8/c1-54-36(52)44-24(13-14-30(38)48)34(50)47-16-4-6-29(47)33-41-23-12-11-22(17-25(23)42-33)20-7-9-21(10-8-20)27-19-40-32(43-27)28-5-3-15-46(28)35(51)26(18-31(39)49)45-37(53)55-2/h7-12,17,19,24,26,28-29H,3-6,13-16,18H2,1-2H3,(H2,38,48)(H2,39,49)(H,40,43)(H,41,42)(H,44,52)(H,45,53)/t24-,26?,28-,29-/m0/s1. The number of fused-ring (bicyclic) bond motifs is 1. The number of methoxy groups -OCH3 is 2. The Labute approximate surface area is 315 Å². The molecule has 4 atom stereocenters. The zero-order valence-corrected chi connectivity index (χ0v) is 30.5. The van der Waals surface area contributed by atoms with Crippen LogP contribution < -0.4 is 22.1 Å². The van der Waals surface area contributed by atoms with Gasteiger partial charge < -0.3 is 51.3 Å². The van der Waals surface area contributed by atoms with Crippen LogP contribution in [0.2, 0.25) is 0 Å². The third kappa shape index (κ3) is 8.69. The molecule has 4 aromatic rings. The molecule has 0 radical (unpaired) electrons. The first-order chi connectivity index (χ1) is 26.4. The van der Waals surface area contributed by atoms with Gasteiger partial charge >= 0.3 is 12.2 Å². The normalized spacial score (nSPS) is 17.8. The average Bonchev–Trinajstić information content (AvgIpc) is 4.01. The molecule has 290 valence electrons. The summed E-state index contributed by atoms with van der Waals surface area (Å²) in [5.74, 6) is -0.869. The lowest BCUT2D eigenvalue weighted by Gasteiger charge is -2.28. The van der Waals surface area contributed by atoms with Gasteiger partial charge in [0.2, 0.25) is 23.6 Å². The molecule has 6 amide bonds. The molecule has 18 heteroatoms. The Hall–Kier alpha value is -6.46. The third-order valence-corrected chi connectivity index (χ3v) is 9.96. The Bertz CT molecular complexity index is 2080. The molecule has 2 aromatic carbocycles. The number of hydrogen-bond acceptors (Lipinski definition) is 10. The van der Waals surface area contributed by atoms with Crippen molar-refractivity contribution in [1.29, 1.82) is 0 Å². The van der Waals surface area contributed by atoms with Crippen molar-refractivity contribution < 1.29 is 38.2 Å². The molecule has 6 rings (SSSR count). The van der Waals surface area contributed by atoms with E-state index in [1.807, 2.05) is 42.5 Å². The molecular formula is C37H44N10O8. The molecule has 2 aliphatic heterocycles. The predicted octanol–water partition coefficient (Wildman–Crippen LogP) is 2.54. The van der Waals surface area contributed by atoms with Crippen LogP contribution in [0.15, 0.2) is 48.7 Å². The van der Waals surface area contributed by atoms with Gasteiger partial charge in [-0.05, 0) is 60.9 Å². The Morgan fingerprint density at radius 1 is 0.782 bits per heavy atom. The van der Waals surface area contributed by atoms with E-state index in [0.717, 1.165) is 46.3 Å². The van der Waals surface area contributed by atoms with Gasteiger partial charge in [-0.15, -0.1) is 0 Å². The summed E-state index contributed by atoms with van der Waals surface area (Å²) in [6.45, 7) is 0.897. The first kappa shape index (κ1) is 38.3. The number of carbonyl (C=O) groups is 6. The molecule has 4 heterocycles. The Kier molecular flexibility index (Phi) is 11.6. The van der Waals surface area contributed by atoms with Gasteiger partial charge in [0.05, 0.1) is 55.6 Å². The number of nitrogens with zero attached hydrogens (tertiary/aromatic N) is 4. The number of rotatable bonds is 13. The molecule has 0 bridgehead atoms. The van der Waals surface area contributed by atoms with E-state index in [-0.39, 0.29) is 37.3 Å². The fraction of sp³-hybridized carbons (Fsp3) is 0.405. The largest absolute Gasteiger partial charge is 0.453 e. The number of nitrogens with one attached hydrogen (secondary N) is 4. The van der Waals surface area contributed by atoms with Gasteiger partial charge in [-0.1, -0.05) is 30.3 Å². The van der Waals surface area contributed by atoms with Crippen LogP contribution in [0.25, 0.3) is 33.4 Å². The van der Waals surface area contributed by atoms with Gasteiger partial charge in [-0.25, -0.2) is 19.6 Å². The summed E-state index contributed by atoms with van der Waals surface area (Å²) in [5, 5.41) is 4.95. The van der Waals surface area contributed by atoms with Crippen LogP contribution in [-0.2, 0) is 28.7 Å². The summed E-state index contributed by atoms with van der Waals surface area (Å²) in [6.07, 6.45) is 2.50. The minimum absolute atomic E-state index is 0.0498. The smallest absolute Gasteiger partial charge is 0.407 e. The van der Waals surface area contributed by atoms with E-state index in [9.17, 15) is 28.8 Å². The summed E-state index contributed by atoms with van der Waals surface area (Å²) in [7, 11) is 2.37. The third-order valence-electron chi connectivity index (χ3n) is 9.96. The second-order valence-electron chi connectivity index (χ2n) is 13.5. The topological polar surface area (TPSA) is 261 Å². The fourth-order valence-corrected chi connectivity index (χ4v) is 7.24. The fourth-order valence-electron chi connectivity index (χ4n) is 7.24. The van der Waals surface area contributed by atoms with Crippen molar-refractivity contribution >= 4 is 46.8 Å². The molecule has 8 N–H and O–H groups in total. The van der Waals surface area contributed by atoms with Gasteiger partial charge in [0.1, 0.15) is 23.7 Å². The highest BCUT2D eigenvalue weighted by Crippen LogP contribution is 2.35. The zero-order valence-electron chi connectivity index (χ0n) is 30.5. The summed E-state index contributed by atoms with van der Waals surface area (Å²) >= 11 is 0. The van der Waals surface area contributed by atoms with E-state index in [2.05, 4.69) is 30.3 Å². The first-order valence-corrected chi connectivity index (χ1v) is 18.0. The summed E-state index contributed by atoms with van der Waals surface area (Å²) in [5.41, 5.74) is 15.7. The van der Waals surface area contributed by atoms with E-state index < -0.39 is 42.0 Å². The number of likely N-dealkylation sites (tertiary alicyclic amines) is 2. The number of hydrogen-bond donors (Lipinski definition) is 6. The van der Waals surface area contributed by atoms with Crippen molar-refractivity contribution in [2.45, 2.75) is 69.1 Å². The lowest BCUT2D eigenvalue weighted by atomic mass is 10.0. The highest BCUT2D eigenvalue weighted by molar-refractivity contribution is 5.91. The number of primary amides is 2. The van der Waals surface area contributed by atoms with Crippen molar-refractivity contribution in [2.75, 3.05) is 27.3 Å². The summed E-state index contributed by atoms with van der Waals surface area (Å²) in [4.78, 5) is 93.3. The van der Waals surface area contributed by atoms with E-state index in [0.29, 0.717) is 37.6 Å². The molecule has 18 nitrogen and oxygen atoms in total. The number of benzene rings is 2. The molecular weight excluding hydrogens is 712 g/mol. The van der Waals surface area contributed by atoms with Crippen LogP contribution in [-0.4, -0.2) is 105 Å². The van der Waals surface area contributed by atoms with Crippen LogP contribution in [0.4, 0.5) is 9.59 Å². The van der Waals surface area contributed by atoms with Crippen molar-refractivity contribution in [2.24, 2.45) is 11.5 Å². The van der Waals surface area contributed by atoms with Gasteiger partial charge in [-0.3, -0.25) is 19.2 Å². The second-order valence-corrected chi connectivity index (χ2v) is 13.5. The van der Waals surface area contributed by atoms with E-state index in [1.54, 1.807) is 16.0 Å². The number of aromatic amines is 2. The quantitative estimate of drug-likeness (QED) is 0.116. The zero-order chi connectivity index (χ0) is 39.2. The maximum atomic E-state index is 13.6. The molecule has 55 heavy (non-hydrogen) atoms. The van der Waals surface area contributed by atoms with Gasteiger partial charge in [0, 0.05) is 19.5 Å². The summed E-state index contributed by atoms with van der Waals surface area (Å²) in [6, 6.07) is 10.9. The van der Waals surface area contributed by atoms with E-state index in [4.69, 9.17) is 21.2 Å². The van der Waals surface area contributed by atoms with Crippen LogP contribution in [0.5, 0.6) is 0 Å². The van der Waals surface area contributed by atoms with Crippen LogP contribution in [0.3, 0.4) is 0 Å². The number of alkyl carbamates (subject to hydrolysis) is 2. The number of amides is 6. The van der Waals surface area contributed by atoms with Crippen LogP contribution in [0.1, 0.15) is 68.7 Å². The molecule has 0 saturated carbocycles. The molecule has 2 saturated heterocycles. The molecule has 2 aromatic heterocycles. The first-order valence-electron chi connectivity index (χ1n) is 18.0. The number of aromatic nitrogens is 4.